The van der Waals surface area contributed by atoms with E-state index < -0.39 is 8.32 Å². The lowest BCUT2D eigenvalue weighted by molar-refractivity contribution is -0.146. The van der Waals surface area contributed by atoms with E-state index in [4.69, 9.17) is 9.16 Å². The smallest absolute Gasteiger partial charge is 0.305 e. The van der Waals surface area contributed by atoms with Crippen LogP contribution in [0.1, 0.15) is 110 Å². The van der Waals surface area contributed by atoms with Crippen molar-refractivity contribution in [2.75, 3.05) is 11.9 Å². The van der Waals surface area contributed by atoms with Gasteiger partial charge in [0, 0.05) is 11.8 Å². The maximum Gasteiger partial charge on any atom is 0.305 e. The molecular weight excluding hydrogens is 444 g/mol. The molecular formula is C24H49BrO3Si. The second-order valence-electron chi connectivity index (χ2n) is 9.39. The summed E-state index contributed by atoms with van der Waals surface area (Å²) in [5.74, 6) is -0.0789. The third-order valence-electron chi connectivity index (χ3n) is 5.11. The molecule has 5 heteroatoms. The number of hydrogen-bond acceptors (Lipinski definition) is 3. The molecule has 0 fully saturated rings. The third-order valence-corrected chi connectivity index (χ3v) is 6.87. The van der Waals surface area contributed by atoms with Crippen molar-refractivity contribution < 1.29 is 14.0 Å². The second-order valence-corrected chi connectivity index (χ2v) is 14.5. The van der Waals surface area contributed by atoms with Gasteiger partial charge in [0.1, 0.15) is 6.61 Å². The fourth-order valence-corrected chi connectivity index (χ4v) is 5.22. The van der Waals surface area contributed by atoms with Crippen LogP contribution in [0.3, 0.4) is 0 Å². The third kappa shape index (κ3) is 22.6. The molecule has 0 radical (unpaired) electrons. The molecule has 0 rings (SSSR count). The van der Waals surface area contributed by atoms with E-state index in [-0.39, 0.29) is 12.1 Å². The molecule has 0 spiro atoms. The van der Waals surface area contributed by atoms with E-state index in [1.807, 2.05) is 0 Å². The summed E-state index contributed by atoms with van der Waals surface area (Å²) in [4.78, 5) is 11.9. The Hall–Kier alpha value is 0.127. The maximum atomic E-state index is 11.9. The summed E-state index contributed by atoms with van der Waals surface area (Å²) in [7, 11) is -1.60. The minimum atomic E-state index is -1.60. The van der Waals surface area contributed by atoms with Crippen molar-refractivity contribution in [2.24, 2.45) is 0 Å². The SMILES string of the molecule is CCCCCCCCCCCCCCCCCC(=O)OCC(CBr)O[Si](C)(C)C. The number of unbranched alkanes of at least 4 members (excludes halogenated alkanes) is 14. The van der Waals surface area contributed by atoms with Crippen LogP contribution in [-0.2, 0) is 14.0 Å². The highest BCUT2D eigenvalue weighted by molar-refractivity contribution is 9.09. The van der Waals surface area contributed by atoms with Crippen LogP contribution in [-0.4, -0.2) is 32.3 Å². The summed E-state index contributed by atoms with van der Waals surface area (Å²) in [6, 6.07) is 0. The lowest BCUT2D eigenvalue weighted by Crippen LogP contribution is -2.36. The number of esters is 1. The summed E-state index contributed by atoms with van der Waals surface area (Å²) in [6.07, 6.45) is 20.6. The van der Waals surface area contributed by atoms with Crippen LogP contribution in [0, 0.1) is 0 Å². The minimum Gasteiger partial charge on any atom is -0.463 e. The maximum absolute atomic E-state index is 11.9. The van der Waals surface area contributed by atoms with Gasteiger partial charge in [-0.2, -0.15) is 0 Å². The summed E-state index contributed by atoms with van der Waals surface area (Å²) in [5, 5.41) is 0.712. The van der Waals surface area contributed by atoms with E-state index in [0.29, 0.717) is 18.4 Å². The van der Waals surface area contributed by atoms with Gasteiger partial charge in [-0.3, -0.25) is 4.79 Å². The fourth-order valence-electron chi connectivity index (χ4n) is 3.51. The van der Waals surface area contributed by atoms with Crippen molar-refractivity contribution in [3.8, 4) is 0 Å². The number of carbonyl (C=O) groups is 1. The van der Waals surface area contributed by atoms with Gasteiger partial charge < -0.3 is 9.16 Å². The average molecular weight is 494 g/mol. The Morgan fingerprint density at radius 3 is 1.55 bits per heavy atom. The van der Waals surface area contributed by atoms with Crippen LogP contribution >= 0.6 is 15.9 Å². The van der Waals surface area contributed by atoms with Gasteiger partial charge in [-0.25, -0.2) is 0 Å². The number of halogens is 1. The lowest BCUT2D eigenvalue weighted by Gasteiger charge is -2.24. The van der Waals surface area contributed by atoms with Crippen LogP contribution in [0.25, 0.3) is 0 Å². The molecule has 0 saturated heterocycles. The molecule has 0 saturated carbocycles. The molecule has 0 aliphatic carbocycles. The highest BCUT2D eigenvalue weighted by Gasteiger charge is 2.21. The molecule has 0 N–H and O–H groups in total. The minimum absolute atomic E-state index is 0.0216. The van der Waals surface area contributed by atoms with E-state index in [0.717, 1.165) is 12.8 Å². The number of carbonyl (C=O) groups excluding carboxylic acids is 1. The normalized spacial score (nSPS) is 12.9. The van der Waals surface area contributed by atoms with Gasteiger partial charge >= 0.3 is 5.97 Å². The highest BCUT2D eigenvalue weighted by atomic mass is 79.9. The van der Waals surface area contributed by atoms with Crippen LogP contribution in [0.2, 0.25) is 19.6 Å². The Labute approximate surface area is 191 Å². The zero-order valence-corrected chi connectivity index (χ0v) is 22.5. The predicted molar refractivity (Wildman–Crippen MR) is 133 cm³/mol. The number of hydrogen-bond donors (Lipinski definition) is 0. The highest BCUT2D eigenvalue weighted by Crippen LogP contribution is 2.14. The van der Waals surface area contributed by atoms with Crippen molar-refractivity contribution in [3.63, 3.8) is 0 Å². The van der Waals surface area contributed by atoms with Gasteiger partial charge in [0.15, 0.2) is 8.32 Å². The van der Waals surface area contributed by atoms with Gasteiger partial charge in [0.05, 0.1) is 6.10 Å². The molecule has 0 amide bonds. The zero-order valence-electron chi connectivity index (χ0n) is 19.9. The fraction of sp³-hybridized carbons (Fsp3) is 0.958. The van der Waals surface area contributed by atoms with Crippen LogP contribution in [0.5, 0.6) is 0 Å². The molecule has 1 atom stereocenters. The van der Waals surface area contributed by atoms with E-state index in [1.54, 1.807) is 0 Å². The predicted octanol–water partition coefficient (Wildman–Crippen LogP) is 8.41. The number of ether oxygens (including phenoxy) is 1. The molecule has 0 aliphatic rings. The molecule has 0 heterocycles. The van der Waals surface area contributed by atoms with Gasteiger partial charge in [-0.1, -0.05) is 113 Å². The van der Waals surface area contributed by atoms with Gasteiger partial charge in [-0.05, 0) is 26.1 Å². The zero-order chi connectivity index (χ0) is 21.8. The van der Waals surface area contributed by atoms with Gasteiger partial charge in [0.2, 0.25) is 0 Å². The Balaban J connectivity index is 3.36. The molecule has 0 aromatic carbocycles. The molecule has 0 aromatic rings. The molecule has 174 valence electrons. The van der Waals surface area contributed by atoms with E-state index in [2.05, 4.69) is 42.5 Å². The van der Waals surface area contributed by atoms with Gasteiger partial charge in [-0.15, -0.1) is 0 Å². The molecule has 0 bridgehead atoms. The summed E-state index contributed by atoms with van der Waals surface area (Å²) in [6.45, 7) is 9.11. The van der Waals surface area contributed by atoms with Crippen molar-refractivity contribution in [2.45, 2.75) is 135 Å². The summed E-state index contributed by atoms with van der Waals surface area (Å²) in [5.41, 5.74) is 0. The Kier molecular flexibility index (Phi) is 20.1. The molecule has 0 aromatic heterocycles. The number of alkyl halides is 1. The first kappa shape index (κ1) is 29.1. The monoisotopic (exact) mass is 492 g/mol. The van der Waals surface area contributed by atoms with E-state index >= 15 is 0 Å². The first-order valence-corrected chi connectivity index (χ1v) is 16.8. The average Bonchev–Trinajstić information content (AvgIpc) is 2.67. The molecule has 1 unspecified atom stereocenters. The Morgan fingerprint density at radius 2 is 1.17 bits per heavy atom. The van der Waals surface area contributed by atoms with Crippen molar-refractivity contribution >= 4 is 30.2 Å². The van der Waals surface area contributed by atoms with Crippen molar-refractivity contribution in [3.05, 3.63) is 0 Å². The summed E-state index contributed by atoms with van der Waals surface area (Å²) >= 11 is 3.45. The largest absolute Gasteiger partial charge is 0.463 e. The van der Waals surface area contributed by atoms with Crippen LogP contribution < -0.4 is 0 Å². The van der Waals surface area contributed by atoms with E-state index in [9.17, 15) is 4.79 Å². The molecule has 0 aliphatic heterocycles. The van der Waals surface area contributed by atoms with E-state index in [1.165, 1.54) is 83.5 Å². The molecule has 3 nitrogen and oxygen atoms in total. The standard InChI is InChI=1S/C24H49BrO3Si/c1-5-6-7-8-9-10-11-12-13-14-15-16-17-18-19-20-24(26)27-22-23(21-25)28-29(2,3)4/h23H,5-22H2,1-4H3. The Morgan fingerprint density at radius 1 is 0.759 bits per heavy atom. The van der Waals surface area contributed by atoms with Crippen LogP contribution in [0.15, 0.2) is 0 Å². The van der Waals surface area contributed by atoms with Gasteiger partial charge in [0.25, 0.3) is 0 Å². The van der Waals surface area contributed by atoms with Crippen molar-refractivity contribution in [1.29, 1.82) is 0 Å². The quantitative estimate of drug-likeness (QED) is 0.0697. The molecule has 29 heavy (non-hydrogen) atoms. The first-order chi connectivity index (χ1) is 13.9. The summed E-state index contributed by atoms with van der Waals surface area (Å²) < 4.78 is 11.4. The topological polar surface area (TPSA) is 35.5 Å². The number of rotatable bonds is 21. The first-order valence-electron chi connectivity index (χ1n) is 12.3. The second kappa shape index (κ2) is 20.1. The van der Waals surface area contributed by atoms with Crippen molar-refractivity contribution in [1.82, 2.24) is 0 Å². The van der Waals surface area contributed by atoms with Crippen LogP contribution in [0.4, 0.5) is 0 Å². The lowest BCUT2D eigenvalue weighted by atomic mass is 10.0. The Bertz CT molecular complexity index is 372.